The standard InChI is InChI=1S/C13H8N2O2S/c16-13(17)9-5-2-1-4-8(9)11-15-10-6-3-7-14-12(10)18-11/h1-7H,(H,16,17). The molecule has 0 spiro atoms. The summed E-state index contributed by atoms with van der Waals surface area (Å²) in [6.45, 7) is 0. The molecule has 1 N–H and O–H groups in total. The second kappa shape index (κ2) is 4.19. The Morgan fingerprint density at radius 2 is 2.00 bits per heavy atom. The van der Waals surface area contributed by atoms with Crippen molar-refractivity contribution >= 4 is 27.7 Å². The van der Waals surface area contributed by atoms with Crippen LogP contribution in [-0.2, 0) is 0 Å². The minimum Gasteiger partial charge on any atom is -0.478 e. The highest BCUT2D eigenvalue weighted by molar-refractivity contribution is 7.21. The summed E-state index contributed by atoms with van der Waals surface area (Å²) in [4.78, 5) is 20.6. The molecule has 3 rings (SSSR count). The van der Waals surface area contributed by atoms with Gasteiger partial charge in [-0.05, 0) is 18.2 Å². The fourth-order valence-electron chi connectivity index (χ4n) is 1.74. The van der Waals surface area contributed by atoms with Crippen LogP contribution in [0.5, 0.6) is 0 Å². The summed E-state index contributed by atoms with van der Waals surface area (Å²) in [6, 6.07) is 10.5. The fraction of sp³-hybridized carbons (Fsp3) is 0. The van der Waals surface area contributed by atoms with E-state index >= 15 is 0 Å². The lowest BCUT2D eigenvalue weighted by Crippen LogP contribution is -1.98. The number of pyridine rings is 1. The molecule has 0 aliphatic carbocycles. The third kappa shape index (κ3) is 1.74. The van der Waals surface area contributed by atoms with Crippen LogP contribution in [0.3, 0.4) is 0 Å². The van der Waals surface area contributed by atoms with Crippen LogP contribution in [0.4, 0.5) is 0 Å². The Bertz CT molecular complexity index is 703. The summed E-state index contributed by atoms with van der Waals surface area (Å²) in [5, 5.41) is 9.85. The van der Waals surface area contributed by atoms with Crippen molar-refractivity contribution in [2.24, 2.45) is 0 Å². The Morgan fingerprint density at radius 1 is 1.17 bits per heavy atom. The van der Waals surface area contributed by atoms with Gasteiger partial charge in [0.05, 0.1) is 5.56 Å². The van der Waals surface area contributed by atoms with Gasteiger partial charge < -0.3 is 5.11 Å². The average molecular weight is 256 g/mol. The molecule has 0 saturated carbocycles. The van der Waals surface area contributed by atoms with E-state index in [2.05, 4.69) is 9.97 Å². The van der Waals surface area contributed by atoms with Gasteiger partial charge in [0.15, 0.2) is 0 Å². The largest absolute Gasteiger partial charge is 0.478 e. The number of carboxylic acid groups (broad SMARTS) is 1. The van der Waals surface area contributed by atoms with Crippen LogP contribution >= 0.6 is 11.3 Å². The van der Waals surface area contributed by atoms with E-state index in [9.17, 15) is 4.79 Å². The molecule has 88 valence electrons. The maximum atomic E-state index is 11.2. The molecular weight excluding hydrogens is 248 g/mol. The number of nitrogens with zero attached hydrogens (tertiary/aromatic N) is 2. The van der Waals surface area contributed by atoms with Crippen molar-refractivity contribution in [3.8, 4) is 10.6 Å². The SMILES string of the molecule is O=C(O)c1ccccc1-c1nc2cccnc2s1. The minimum absolute atomic E-state index is 0.261. The van der Waals surface area contributed by atoms with Gasteiger partial charge in [0.1, 0.15) is 15.4 Å². The zero-order valence-corrected chi connectivity index (χ0v) is 10.0. The third-order valence-electron chi connectivity index (χ3n) is 2.55. The fourth-order valence-corrected chi connectivity index (χ4v) is 2.69. The Labute approximate surface area is 107 Å². The van der Waals surface area contributed by atoms with E-state index in [0.717, 1.165) is 10.3 Å². The van der Waals surface area contributed by atoms with Crippen molar-refractivity contribution in [3.05, 3.63) is 48.2 Å². The maximum Gasteiger partial charge on any atom is 0.336 e. The number of benzene rings is 1. The lowest BCUT2D eigenvalue weighted by Gasteiger charge is -2.00. The lowest BCUT2D eigenvalue weighted by molar-refractivity contribution is 0.0697. The highest BCUT2D eigenvalue weighted by atomic mass is 32.1. The number of rotatable bonds is 2. The van der Waals surface area contributed by atoms with Crippen molar-refractivity contribution in [3.63, 3.8) is 0 Å². The second-order valence-electron chi connectivity index (χ2n) is 3.70. The van der Waals surface area contributed by atoms with Gasteiger partial charge in [0.2, 0.25) is 0 Å². The molecule has 1 aromatic carbocycles. The smallest absolute Gasteiger partial charge is 0.336 e. The summed E-state index contributed by atoms with van der Waals surface area (Å²) in [5.41, 5.74) is 1.68. The summed E-state index contributed by atoms with van der Waals surface area (Å²) >= 11 is 1.40. The average Bonchev–Trinajstić information content (AvgIpc) is 2.82. The minimum atomic E-state index is -0.946. The first kappa shape index (κ1) is 10.9. The molecule has 0 bridgehead atoms. The van der Waals surface area contributed by atoms with Crippen LogP contribution in [0, 0.1) is 0 Å². The second-order valence-corrected chi connectivity index (χ2v) is 4.67. The third-order valence-corrected chi connectivity index (χ3v) is 3.57. The van der Waals surface area contributed by atoms with Gasteiger partial charge >= 0.3 is 5.97 Å². The molecular formula is C13H8N2O2S. The zero-order chi connectivity index (χ0) is 12.5. The predicted molar refractivity (Wildman–Crippen MR) is 69.8 cm³/mol. The summed E-state index contributed by atoms with van der Waals surface area (Å²) < 4.78 is 0. The van der Waals surface area contributed by atoms with Gasteiger partial charge in [-0.1, -0.05) is 29.5 Å². The van der Waals surface area contributed by atoms with Crippen LogP contribution in [0.25, 0.3) is 20.9 Å². The molecule has 18 heavy (non-hydrogen) atoms. The first-order valence-electron chi connectivity index (χ1n) is 5.30. The van der Waals surface area contributed by atoms with Gasteiger partial charge in [-0.25, -0.2) is 14.8 Å². The molecule has 0 unspecified atom stereocenters. The summed E-state index contributed by atoms with van der Waals surface area (Å²) in [6.07, 6.45) is 1.70. The maximum absolute atomic E-state index is 11.2. The van der Waals surface area contributed by atoms with Crippen molar-refractivity contribution in [1.82, 2.24) is 9.97 Å². The van der Waals surface area contributed by atoms with Crippen molar-refractivity contribution in [1.29, 1.82) is 0 Å². The molecule has 0 aliphatic heterocycles. The summed E-state index contributed by atoms with van der Waals surface area (Å²) in [5.74, 6) is -0.946. The highest BCUT2D eigenvalue weighted by Gasteiger charge is 2.14. The Kier molecular flexibility index (Phi) is 2.53. The van der Waals surface area contributed by atoms with Crippen LogP contribution in [0.2, 0.25) is 0 Å². The van der Waals surface area contributed by atoms with E-state index in [1.807, 2.05) is 12.1 Å². The molecule has 3 aromatic rings. The van der Waals surface area contributed by atoms with E-state index in [-0.39, 0.29) is 5.56 Å². The topological polar surface area (TPSA) is 63.1 Å². The number of thiazole rings is 1. The predicted octanol–water partition coefficient (Wildman–Crippen LogP) is 3.06. The molecule has 2 aromatic heterocycles. The normalized spacial score (nSPS) is 10.7. The zero-order valence-electron chi connectivity index (χ0n) is 9.20. The number of carboxylic acids is 1. The Morgan fingerprint density at radius 3 is 2.78 bits per heavy atom. The van der Waals surface area contributed by atoms with Crippen molar-refractivity contribution < 1.29 is 9.90 Å². The number of fused-ring (bicyclic) bond motifs is 1. The van der Waals surface area contributed by atoms with E-state index in [4.69, 9.17) is 5.11 Å². The van der Waals surface area contributed by atoms with E-state index in [1.54, 1.807) is 30.5 Å². The van der Waals surface area contributed by atoms with Crippen LogP contribution in [0.1, 0.15) is 10.4 Å². The Hall–Kier alpha value is -2.27. The van der Waals surface area contributed by atoms with Crippen LogP contribution in [-0.4, -0.2) is 21.0 Å². The van der Waals surface area contributed by atoms with Gasteiger partial charge in [-0.2, -0.15) is 0 Å². The number of aromatic carboxylic acids is 1. The van der Waals surface area contributed by atoms with Crippen molar-refractivity contribution in [2.45, 2.75) is 0 Å². The first-order valence-corrected chi connectivity index (χ1v) is 6.11. The van der Waals surface area contributed by atoms with Crippen molar-refractivity contribution in [2.75, 3.05) is 0 Å². The molecule has 5 heteroatoms. The first-order chi connectivity index (χ1) is 8.75. The molecule has 4 nitrogen and oxygen atoms in total. The Balaban J connectivity index is 2.23. The molecule has 0 saturated heterocycles. The molecule has 2 heterocycles. The number of carbonyl (C=O) groups is 1. The van der Waals surface area contributed by atoms with E-state index in [1.165, 1.54) is 11.3 Å². The lowest BCUT2D eigenvalue weighted by atomic mass is 10.1. The highest BCUT2D eigenvalue weighted by Crippen LogP contribution is 2.30. The molecule has 0 amide bonds. The quantitative estimate of drug-likeness (QED) is 0.765. The van der Waals surface area contributed by atoms with Gasteiger partial charge in [-0.15, -0.1) is 0 Å². The van der Waals surface area contributed by atoms with Gasteiger partial charge in [0, 0.05) is 11.8 Å². The number of hydrogen-bond donors (Lipinski definition) is 1. The van der Waals surface area contributed by atoms with Crippen LogP contribution in [0.15, 0.2) is 42.6 Å². The number of hydrogen-bond acceptors (Lipinski definition) is 4. The molecule has 0 atom stereocenters. The van der Waals surface area contributed by atoms with E-state index in [0.29, 0.717) is 10.6 Å². The van der Waals surface area contributed by atoms with Gasteiger partial charge in [-0.3, -0.25) is 0 Å². The van der Waals surface area contributed by atoms with E-state index < -0.39 is 5.97 Å². The van der Waals surface area contributed by atoms with Gasteiger partial charge in [0.25, 0.3) is 0 Å². The monoisotopic (exact) mass is 256 g/mol. The molecule has 0 radical (unpaired) electrons. The molecule has 0 fully saturated rings. The summed E-state index contributed by atoms with van der Waals surface area (Å²) in [7, 11) is 0. The molecule has 0 aliphatic rings. The van der Waals surface area contributed by atoms with Crippen LogP contribution < -0.4 is 0 Å². The number of aromatic nitrogens is 2.